The molecule has 0 unspecified atom stereocenters. The molecule has 29 heavy (non-hydrogen) atoms. The molecule has 1 saturated heterocycles. The summed E-state index contributed by atoms with van der Waals surface area (Å²) in [6.07, 6.45) is 5.17. The largest absolute Gasteiger partial charge is 0.354 e. The van der Waals surface area contributed by atoms with E-state index in [9.17, 15) is 9.59 Å². The van der Waals surface area contributed by atoms with Gasteiger partial charge in [0.05, 0.1) is 11.7 Å². The van der Waals surface area contributed by atoms with Gasteiger partial charge >= 0.3 is 0 Å². The van der Waals surface area contributed by atoms with Crippen LogP contribution in [0.15, 0.2) is 35.3 Å². The third-order valence-corrected chi connectivity index (χ3v) is 6.20. The lowest BCUT2D eigenvalue weighted by molar-refractivity contribution is -0.123. The molecule has 4 rings (SSSR count). The van der Waals surface area contributed by atoms with Gasteiger partial charge in [0.15, 0.2) is 0 Å². The van der Waals surface area contributed by atoms with Crippen molar-refractivity contribution in [3.63, 3.8) is 0 Å². The molecule has 154 valence electrons. The summed E-state index contributed by atoms with van der Waals surface area (Å²) in [4.78, 5) is 28.3. The first-order valence-electron chi connectivity index (χ1n) is 10.5. The molecule has 0 aliphatic carbocycles. The Morgan fingerprint density at radius 3 is 2.66 bits per heavy atom. The van der Waals surface area contributed by atoms with E-state index in [0.717, 1.165) is 35.8 Å². The molecule has 2 atom stereocenters. The number of carbonyl (C=O) groups excluding carboxylic acids is 1. The van der Waals surface area contributed by atoms with E-state index in [1.807, 2.05) is 35.8 Å². The van der Waals surface area contributed by atoms with E-state index in [1.165, 1.54) is 17.5 Å². The second kappa shape index (κ2) is 7.99. The predicted molar refractivity (Wildman–Crippen MR) is 115 cm³/mol. The smallest absolute Gasteiger partial charge is 0.291 e. The van der Waals surface area contributed by atoms with Crippen molar-refractivity contribution in [3.05, 3.63) is 40.8 Å². The van der Waals surface area contributed by atoms with Crippen LogP contribution in [-0.4, -0.2) is 50.8 Å². The Morgan fingerprint density at radius 1 is 1.17 bits per heavy atom. The normalized spacial score (nSPS) is 17.1. The fourth-order valence-electron chi connectivity index (χ4n) is 4.42. The number of hydrogen-bond acceptors (Lipinski definition) is 4. The molecular formula is C22H29N5O2. The third-order valence-electron chi connectivity index (χ3n) is 6.20. The Balaban J connectivity index is 1.58. The van der Waals surface area contributed by atoms with E-state index in [4.69, 9.17) is 0 Å². The van der Waals surface area contributed by atoms with Crippen LogP contribution in [0.2, 0.25) is 0 Å². The van der Waals surface area contributed by atoms with Crippen molar-refractivity contribution in [2.45, 2.75) is 45.2 Å². The number of hydrogen-bond donors (Lipinski definition) is 1. The molecule has 0 bridgehead atoms. The molecule has 0 spiro atoms. The standard InChI is InChI=1S/C22H29N5O2/c1-15(26-12-6-7-13-26)10-11-23-21(28)16(2)27-19-9-5-4-8-17(19)18-14-24-25(3)22(29)20(18)27/h4-5,8-9,14-16H,6-7,10-13H2,1-3H3,(H,23,28)/t15-,16+/m0/s1. The highest BCUT2D eigenvalue weighted by atomic mass is 16.2. The topological polar surface area (TPSA) is 72.2 Å². The van der Waals surface area contributed by atoms with Crippen molar-refractivity contribution >= 4 is 27.7 Å². The number of para-hydroxylation sites is 1. The average molecular weight is 396 g/mol. The molecule has 1 amide bonds. The number of aromatic nitrogens is 3. The van der Waals surface area contributed by atoms with Gasteiger partial charge in [-0.3, -0.25) is 9.59 Å². The summed E-state index contributed by atoms with van der Waals surface area (Å²) in [5, 5.41) is 8.97. The number of rotatable bonds is 6. The van der Waals surface area contributed by atoms with Gasteiger partial charge in [-0.15, -0.1) is 0 Å². The third kappa shape index (κ3) is 3.55. The van der Waals surface area contributed by atoms with Gasteiger partial charge < -0.3 is 14.8 Å². The summed E-state index contributed by atoms with van der Waals surface area (Å²) in [6.45, 7) is 7.03. The lowest BCUT2D eigenvalue weighted by atomic mass is 10.2. The summed E-state index contributed by atoms with van der Waals surface area (Å²) >= 11 is 0. The first kappa shape index (κ1) is 19.6. The van der Waals surface area contributed by atoms with Gasteiger partial charge in [0.1, 0.15) is 11.6 Å². The van der Waals surface area contributed by atoms with Gasteiger partial charge in [0.25, 0.3) is 5.56 Å². The van der Waals surface area contributed by atoms with Crippen molar-refractivity contribution in [2.24, 2.45) is 7.05 Å². The molecule has 1 aliphatic rings. The van der Waals surface area contributed by atoms with Crippen molar-refractivity contribution in [1.29, 1.82) is 0 Å². The number of carbonyl (C=O) groups is 1. The Kier molecular flexibility index (Phi) is 5.41. The van der Waals surface area contributed by atoms with Crippen LogP contribution in [0.5, 0.6) is 0 Å². The molecule has 0 saturated carbocycles. The molecule has 3 heterocycles. The van der Waals surface area contributed by atoms with Gasteiger partial charge in [-0.2, -0.15) is 5.10 Å². The van der Waals surface area contributed by atoms with Crippen LogP contribution in [0.1, 0.15) is 39.2 Å². The average Bonchev–Trinajstić information content (AvgIpc) is 3.37. The quantitative estimate of drug-likeness (QED) is 0.696. The first-order chi connectivity index (χ1) is 14.0. The minimum absolute atomic E-state index is 0.0693. The van der Waals surface area contributed by atoms with E-state index < -0.39 is 6.04 Å². The first-order valence-corrected chi connectivity index (χ1v) is 10.5. The minimum Gasteiger partial charge on any atom is -0.354 e. The van der Waals surface area contributed by atoms with E-state index in [0.29, 0.717) is 18.1 Å². The number of benzene rings is 1. The van der Waals surface area contributed by atoms with Crippen LogP contribution in [0.4, 0.5) is 0 Å². The lowest BCUT2D eigenvalue weighted by Crippen LogP contribution is -2.37. The number of fused-ring (bicyclic) bond motifs is 3. The Hall–Kier alpha value is -2.67. The van der Waals surface area contributed by atoms with Crippen molar-refractivity contribution in [1.82, 2.24) is 24.6 Å². The van der Waals surface area contributed by atoms with E-state index in [-0.39, 0.29) is 11.5 Å². The van der Waals surface area contributed by atoms with Gasteiger partial charge in [-0.1, -0.05) is 18.2 Å². The maximum Gasteiger partial charge on any atom is 0.291 e. The number of likely N-dealkylation sites (tertiary alicyclic amines) is 1. The van der Waals surface area contributed by atoms with Crippen molar-refractivity contribution in [2.75, 3.05) is 19.6 Å². The van der Waals surface area contributed by atoms with Gasteiger partial charge in [-0.05, 0) is 52.3 Å². The second-order valence-corrected chi connectivity index (χ2v) is 8.07. The zero-order valence-electron chi connectivity index (χ0n) is 17.4. The molecule has 1 fully saturated rings. The summed E-state index contributed by atoms with van der Waals surface area (Å²) in [5.74, 6) is -0.0693. The van der Waals surface area contributed by atoms with Crippen LogP contribution < -0.4 is 10.9 Å². The number of nitrogens with one attached hydrogen (secondary N) is 1. The maximum absolute atomic E-state index is 13.0. The van der Waals surface area contributed by atoms with Crippen molar-refractivity contribution in [3.8, 4) is 0 Å². The van der Waals surface area contributed by atoms with Crippen molar-refractivity contribution < 1.29 is 4.79 Å². The van der Waals surface area contributed by atoms with Crippen LogP contribution in [-0.2, 0) is 11.8 Å². The molecule has 1 aromatic carbocycles. The highest BCUT2D eigenvalue weighted by Gasteiger charge is 2.23. The van der Waals surface area contributed by atoms with Gasteiger partial charge in [0.2, 0.25) is 5.91 Å². The second-order valence-electron chi connectivity index (χ2n) is 8.07. The van der Waals surface area contributed by atoms with Crippen LogP contribution in [0, 0.1) is 0 Å². The summed E-state index contributed by atoms with van der Waals surface area (Å²) < 4.78 is 3.17. The number of aryl methyl sites for hydroxylation is 1. The Labute approximate surface area is 170 Å². The minimum atomic E-state index is -0.491. The summed E-state index contributed by atoms with van der Waals surface area (Å²) in [6, 6.07) is 7.77. The summed E-state index contributed by atoms with van der Waals surface area (Å²) in [5.41, 5.74) is 1.21. The van der Waals surface area contributed by atoms with E-state index in [1.54, 1.807) is 13.2 Å². The molecule has 1 N–H and O–H groups in total. The molecule has 1 aliphatic heterocycles. The van der Waals surface area contributed by atoms with Gasteiger partial charge in [0, 0.05) is 30.4 Å². The molecule has 7 nitrogen and oxygen atoms in total. The highest BCUT2D eigenvalue weighted by molar-refractivity contribution is 6.08. The lowest BCUT2D eigenvalue weighted by Gasteiger charge is -2.24. The maximum atomic E-state index is 13.0. The fourth-order valence-corrected chi connectivity index (χ4v) is 4.42. The number of amides is 1. The zero-order chi connectivity index (χ0) is 20.5. The zero-order valence-corrected chi connectivity index (χ0v) is 17.4. The van der Waals surface area contributed by atoms with E-state index >= 15 is 0 Å². The van der Waals surface area contributed by atoms with E-state index in [2.05, 4.69) is 22.2 Å². The van der Waals surface area contributed by atoms with Gasteiger partial charge in [-0.25, -0.2) is 4.68 Å². The van der Waals surface area contributed by atoms with Crippen LogP contribution in [0.3, 0.4) is 0 Å². The highest BCUT2D eigenvalue weighted by Crippen LogP contribution is 2.29. The molecule has 2 aromatic heterocycles. The SMILES string of the molecule is C[C@H](C(=O)NCC[C@H](C)N1CCCC1)n1c2ccccc2c2cnn(C)c(=O)c21. The number of nitrogens with zero attached hydrogens (tertiary/aromatic N) is 4. The predicted octanol–water partition coefficient (Wildman–Crippen LogP) is 2.44. The Morgan fingerprint density at radius 2 is 1.90 bits per heavy atom. The Bertz CT molecular complexity index is 1090. The van der Waals surface area contributed by atoms with Crippen LogP contribution >= 0.6 is 0 Å². The van der Waals surface area contributed by atoms with Crippen LogP contribution in [0.25, 0.3) is 21.8 Å². The molecule has 7 heteroatoms. The fraction of sp³-hybridized carbons (Fsp3) is 0.500. The summed E-state index contributed by atoms with van der Waals surface area (Å²) in [7, 11) is 1.63. The molecule has 3 aromatic rings. The molecular weight excluding hydrogens is 366 g/mol. The molecule has 0 radical (unpaired) electrons. The monoisotopic (exact) mass is 395 g/mol.